The van der Waals surface area contributed by atoms with Crippen LogP contribution < -0.4 is 10.2 Å². The topological polar surface area (TPSA) is 71.3 Å². The molecule has 1 N–H and O–H groups in total. The summed E-state index contributed by atoms with van der Waals surface area (Å²) in [6.45, 7) is 4.41. The molecule has 0 radical (unpaired) electrons. The normalized spacial score (nSPS) is 17.3. The first kappa shape index (κ1) is 16.4. The zero-order chi connectivity index (χ0) is 17.1. The van der Waals surface area contributed by atoms with Gasteiger partial charge in [-0.2, -0.15) is 0 Å². The average Bonchev–Trinajstić information content (AvgIpc) is 3.22. The van der Waals surface area contributed by atoms with Crippen molar-refractivity contribution in [1.82, 2.24) is 15.3 Å². The maximum absolute atomic E-state index is 14.6. The summed E-state index contributed by atoms with van der Waals surface area (Å²) in [5.74, 6) is 1.33. The summed E-state index contributed by atoms with van der Waals surface area (Å²) in [6, 6.07) is 3.68. The van der Waals surface area contributed by atoms with Crippen LogP contribution in [0.15, 0.2) is 22.9 Å². The van der Waals surface area contributed by atoms with Gasteiger partial charge in [0.1, 0.15) is 17.8 Å². The average molecular weight is 332 g/mol. The number of anilines is 1. The van der Waals surface area contributed by atoms with E-state index in [1.54, 1.807) is 0 Å². The van der Waals surface area contributed by atoms with Crippen molar-refractivity contribution in [2.45, 2.75) is 45.7 Å². The molecule has 7 heteroatoms. The third kappa shape index (κ3) is 3.25. The van der Waals surface area contributed by atoms with E-state index in [2.05, 4.69) is 15.3 Å². The summed E-state index contributed by atoms with van der Waals surface area (Å²) in [6.07, 6.45) is 3.76. The Labute approximate surface area is 140 Å². The molecule has 6 nitrogen and oxygen atoms in total. The van der Waals surface area contributed by atoms with Gasteiger partial charge >= 0.3 is 0 Å². The van der Waals surface area contributed by atoms with Crippen LogP contribution in [0.3, 0.4) is 0 Å². The van der Waals surface area contributed by atoms with Gasteiger partial charge in [0.25, 0.3) is 0 Å². The Morgan fingerprint density at radius 3 is 3.04 bits per heavy atom. The summed E-state index contributed by atoms with van der Waals surface area (Å²) in [5.41, 5.74) is 0.427. The third-order valence-electron chi connectivity index (χ3n) is 4.23. The van der Waals surface area contributed by atoms with Gasteiger partial charge in [-0.3, -0.25) is 4.79 Å². The van der Waals surface area contributed by atoms with Gasteiger partial charge < -0.3 is 14.6 Å². The van der Waals surface area contributed by atoms with Gasteiger partial charge in [0.15, 0.2) is 11.6 Å². The fourth-order valence-corrected chi connectivity index (χ4v) is 3.04. The molecule has 0 aliphatic carbocycles. The molecule has 1 amide bonds. The van der Waals surface area contributed by atoms with Gasteiger partial charge in [-0.1, -0.05) is 6.92 Å². The monoisotopic (exact) mass is 332 g/mol. The number of hydrogen-bond acceptors (Lipinski definition) is 5. The van der Waals surface area contributed by atoms with Gasteiger partial charge in [0.05, 0.1) is 18.3 Å². The Bertz CT molecular complexity index is 731. The quantitative estimate of drug-likeness (QED) is 0.911. The van der Waals surface area contributed by atoms with Crippen molar-refractivity contribution in [2.24, 2.45) is 0 Å². The molecule has 0 bridgehead atoms. The van der Waals surface area contributed by atoms with Crippen LogP contribution in [0.2, 0.25) is 0 Å². The smallest absolute Gasteiger partial charge is 0.217 e. The number of carbonyl (C=O) groups is 1. The lowest BCUT2D eigenvalue weighted by atomic mass is 10.1. The maximum Gasteiger partial charge on any atom is 0.217 e. The van der Waals surface area contributed by atoms with Gasteiger partial charge in [-0.15, -0.1) is 0 Å². The molecule has 3 rings (SSSR count). The van der Waals surface area contributed by atoms with E-state index in [4.69, 9.17) is 4.42 Å². The van der Waals surface area contributed by atoms with Crippen molar-refractivity contribution in [2.75, 3.05) is 11.4 Å². The van der Waals surface area contributed by atoms with Gasteiger partial charge in [0.2, 0.25) is 5.91 Å². The van der Waals surface area contributed by atoms with Crippen LogP contribution >= 0.6 is 0 Å². The number of aryl methyl sites for hydroxylation is 1. The number of furan rings is 1. The van der Waals surface area contributed by atoms with Crippen LogP contribution in [0.1, 0.15) is 49.9 Å². The van der Waals surface area contributed by atoms with Crippen LogP contribution in [-0.4, -0.2) is 22.4 Å². The number of rotatable bonds is 5. The zero-order valence-corrected chi connectivity index (χ0v) is 13.9. The number of aromatic nitrogens is 2. The van der Waals surface area contributed by atoms with Crippen LogP contribution in [-0.2, 0) is 17.8 Å². The number of hydrogen-bond donors (Lipinski definition) is 1. The number of carbonyl (C=O) groups excluding carboxylic acids is 1. The molecule has 1 unspecified atom stereocenters. The highest BCUT2D eigenvalue weighted by Crippen LogP contribution is 2.37. The Morgan fingerprint density at radius 2 is 2.29 bits per heavy atom. The second kappa shape index (κ2) is 6.98. The molecule has 2 aromatic rings. The highest BCUT2D eigenvalue weighted by atomic mass is 19.1. The summed E-state index contributed by atoms with van der Waals surface area (Å²) in [4.78, 5) is 21.1. The van der Waals surface area contributed by atoms with E-state index < -0.39 is 0 Å². The molecule has 1 aliphatic rings. The lowest BCUT2D eigenvalue weighted by molar-refractivity contribution is -0.119. The number of halogens is 1. The first-order valence-electron chi connectivity index (χ1n) is 8.19. The number of nitrogens with one attached hydrogen (secondary N) is 1. The maximum atomic E-state index is 14.6. The molecular formula is C17H21FN4O2. The van der Waals surface area contributed by atoms with E-state index in [9.17, 15) is 9.18 Å². The minimum atomic E-state index is -0.350. The molecule has 1 aliphatic heterocycles. The van der Waals surface area contributed by atoms with Gasteiger partial charge in [-0.05, 0) is 31.4 Å². The van der Waals surface area contributed by atoms with Crippen LogP contribution in [0.25, 0.3) is 0 Å². The molecule has 24 heavy (non-hydrogen) atoms. The van der Waals surface area contributed by atoms with E-state index in [0.29, 0.717) is 30.2 Å². The standard InChI is InChI=1S/C17H21FN4O2/c1-3-13-16(18)17(21-10-20-13)22-8-4-5-14(22)15-7-6-12(24-15)9-19-11(2)23/h6-7,10,14H,3-5,8-9H2,1-2H3,(H,19,23). The predicted molar refractivity (Wildman–Crippen MR) is 86.9 cm³/mol. The molecule has 0 saturated carbocycles. The lowest BCUT2D eigenvalue weighted by Crippen LogP contribution is -2.25. The number of nitrogens with zero attached hydrogens (tertiary/aromatic N) is 3. The third-order valence-corrected chi connectivity index (χ3v) is 4.23. The Balaban J connectivity index is 1.82. The highest BCUT2D eigenvalue weighted by molar-refractivity contribution is 5.72. The van der Waals surface area contributed by atoms with Crippen molar-refractivity contribution < 1.29 is 13.6 Å². The second-order valence-corrected chi connectivity index (χ2v) is 5.88. The van der Waals surface area contributed by atoms with Crippen molar-refractivity contribution >= 4 is 11.7 Å². The first-order chi connectivity index (χ1) is 11.6. The largest absolute Gasteiger partial charge is 0.462 e. The molecule has 0 aromatic carbocycles. The van der Waals surface area contributed by atoms with Crippen molar-refractivity contribution in [3.8, 4) is 0 Å². The molecule has 1 atom stereocenters. The predicted octanol–water partition coefficient (Wildman–Crippen LogP) is 2.75. The van der Waals surface area contributed by atoms with E-state index in [0.717, 1.165) is 25.1 Å². The Morgan fingerprint density at radius 1 is 1.46 bits per heavy atom. The fraction of sp³-hybridized carbons (Fsp3) is 0.471. The van der Waals surface area contributed by atoms with E-state index in [1.165, 1.54) is 13.3 Å². The van der Waals surface area contributed by atoms with Crippen molar-refractivity contribution in [1.29, 1.82) is 0 Å². The lowest BCUT2D eigenvalue weighted by Gasteiger charge is -2.24. The van der Waals surface area contributed by atoms with E-state index in [1.807, 2.05) is 24.0 Å². The summed E-state index contributed by atoms with van der Waals surface area (Å²) < 4.78 is 20.4. The van der Waals surface area contributed by atoms with Crippen LogP contribution in [0.5, 0.6) is 0 Å². The molecular weight excluding hydrogens is 311 g/mol. The van der Waals surface area contributed by atoms with Gasteiger partial charge in [-0.25, -0.2) is 14.4 Å². The van der Waals surface area contributed by atoms with Gasteiger partial charge in [0, 0.05) is 13.5 Å². The Kier molecular flexibility index (Phi) is 4.78. The summed E-state index contributed by atoms with van der Waals surface area (Å²) >= 11 is 0. The number of amides is 1. The fourth-order valence-electron chi connectivity index (χ4n) is 3.04. The van der Waals surface area contributed by atoms with Crippen LogP contribution in [0, 0.1) is 5.82 Å². The minimum absolute atomic E-state index is 0.0508. The summed E-state index contributed by atoms with van der Waals surface area (Å²) in [5, 5.41) is 2.71. The van der Waals surface area contributed by atoms with E-state index in [-0.39, 0.29) is 17.8 Å². The second-order valence-electron chi connectivity index (χ2n) is 5.88. The minimum Gasteiger partial charge on any atom is -0.462 e. The van der Waals surface area contributed by atoms with Crippen molar-refractivity contribution in [3.05, 3.63) is 41.5 Å². The summed E-state index contributed by atoms with van der Waals surface area (Å²) in [7, 11) is 0. The molecule has 128 valence electrons. The Hall–Kier alpha value is -2.44. The van der Waals surface area contributed by atoms with Crippen LogP contribution in [0.4, 0.5) is 10.2 Å². The SMILES string of the molecule is CCc1ncnc(N2CCCC2c2ccc(CNC(C)=O)o2)c1F. The zero-order valence-electron chi connectivity index (χ0n) is 13.9. The molecule has 1 fully saturated rings. The molecule has 1 saturated heterocycles. The molecule has 3 heterocycles. The van der Waals surface area contributed by atoms with Crippen molar-refractivity contribution in [3.63, 3.8) is 0 Å². The molecule has 2 aromatic heterocycles. The molecule has 0 spiro atoms. The highest BCUT2D eigenvalue weighted by Gasteiger charge is 2.32. The first-order valence-corrected chi connectivity index (χ1v) is 8.19. The van der Waals surface area contributed by atoms with E-state index >= 15 is 0 Å².